The van der Waals surface area contributed by atoms with Crippen LogP contribution in [0.4, 0.5) is 0 Å². The van der Waals surface area contributed by atoms with Gasteiger partial charge < -0.3 is 4.57 Å². The van der Waals surface area contributed by atoms with Gasteiger partial charge in [-0.05, 0) is 101 Å². The summed E-state index contributed by atoms with van der Waals surface area (Å²) in [5, 5.41) is 0. The van der Waals surface area contributed by atoms with E-state index in [4.69, 9.17) is 0 Å². The van der Waals surface area contributed by atoms with Crippen LogP contribution in [0.3, 0.4) is 0 Å². The van der Waals surface area contributed by atoms with Crippen LogP contribution < -0.4 is 0 Å². The number of rotatable bonds is 6. The lowest BCUT2D eigenvalue weighted by Gasteiger charge is -2.38. The van der Waals surface area contributed by atoms with Gasteiger partial charge in [0.15, 0.2) is 0 Å². The molecule has 1 saturated heterocycles. The first-order valence-corrected chi connectivity index (χ1v) is 15.4. The Balaban J connectivity index is 0. The number of piperazine rings is 1. The standard InChI is InChI=1S/C12H24.C11H19N.C10H22N2.2CH4/c1-9(2)11-5-7-12(8-6-11)10(3)4;1-8(2)10-6-11(9(3)4)12(5)7-10;1-9(2)11-5-7-12(8-6-11)10(3)4;;/h9-12H,5-8H2,1-4H3;6-9H,1-5H3;9-10H,5-8H2,1-4H3;2*1H4. The van der Waals surface area contributed by atoms with Crippen molar-refractivity contribution in [3.63, 3.8) is 0 Å². The fourth-order valence-corrected chi connectivity index (χ4v) is 5.75. The minimum absolute atomic E-state index is 0. The van der Waals surface area contributed by atoms with Gasteiger partial charge in [0, 0.05) is 57.2 Å². The molecule has 0 unspecified atom stereocenters. The molecule has 3 nitrogen and oxygen atoms in total. The number of nitrogens with zero attached hydrogens (tertiary/aromatic N) is 3. The van der Waals surface area contributed by atoms with Crippen molar-refractivity contribution < 1.29 is 0 Å². The van der Waals surface area contributed by atoms with E-state index in [1.165, 1.54) is 63.1 Å². The quantitative estimate of drug-likeness (QED) is 0.359. The zero-order chi connectivity index (χ0) is 27.6. The van der Waals surface area contributed by atoms with Crippen LogP contribution in [0.5, 0.6) is 0 Å². The van der Waals surface area contributed by atoms with Crippen molar-refractivity contribution in [3.8, 4) is 0 Å². The Kier molecular flexibility index (Phi) is 20.0. The third-order valence-corrected chi connectivity index (χ3v) is 8.83. The van der Waals surface area contributed by atoms with Gasteiger partial charge >= 0.3 is 0 Å². The second-order valence-electron chi connectivity index (χ2n) is 13.5. The van der Waals surface area contributed by atoms with Crippen LogP contribution in [0.25, 0.3) is 0 Å². The lowest BCUT2D eigenvalue weighted by molar-refractivity contribution is 0.0887. The largest absolute Gasteiger partial charge is 0.354 e. The van der Waals surface area contributed by atoms with Crippen LogP contribution in [0.2, 0.25) is 0 Å². The molecule has 0 bridgehead atoms. The van der Waals surface area contributed by atoms with E-state index in [2.05, 4.69) is 117 Å². The molecule has 2 aliphatic rings. The van der Waals surface area contributed by atoms with Gasteiger partial charge in [-0.15, -0.1) is 0 Å². The Bertz CT molecular complexity index is 618. The molecule has 0 spiro atoms. The molecule has 1 aliphatic carbocycles. The average molecular weight is 536 g/mol. The summed E-state index contributed by atoms with van der Waals surface area (Å²) in [5.74, 6) is 5.16. The van der Waals surface area contributed by atoms with Crippen molar-refractivity contribution in [2.45, 2.75) is 148 Å². The van der Waals surface area contributed by atoms with E-state index in [1.54, 1.807) is 0 Å². The van der Waals surface area contributed by atoms with E-state index in [0.29, 0.717) is 11.8 Å². The molecule has 2 fully saturated rings. The third kappa shape index (κ3) is 13.5. The van der Waals surface area contributed by atoms with Crippen LogP contribution in [0, 0.1) is 23.7 Å². The summed E-state index contributed by atoms with van der Waals surface area (Å²) in [5.41, 5.74) is 2.87. The summed E-state index contributed by atoms with van der Waals surface area (Å²) >= 11 is 0. The van der Waals surface area contributed by atoms with Gasteiger partial charge in [-0.25, -0.2) is 0 Å². The van der Waals surface area contributed by atoms with E-state index in [0.717, 1.165) is 35.8 Å². The zero-order valence-electron chi connectivity index (χ0n) is 26.8. The summed E-state index contributed by atoms with van der Waals surface area (Å²) in [4.78, 5) is 5.11. The summed E-state index contributed by atoms with van der Waals surface area (Å²) < 4.78 is 2.24. The Morgan fingerprint density at radius 2 is 0.921 bits per heavy atom. The zero-order valence-corrected chi connectivity index (χ0v) is 26.8. The Morgan fingerprint density at radius 1 is 0.579 bits per heavy atom. The number of aromatic nitrogens is 1. The molecule has 0 amide bonds. The Hall–Kier alpha value is -0.800. The average Bonchev–Trinajstić information content (AvgIpc) is 3.22. The first kappa shape index (κ1) is 39.3. The molecule has 0 radical (unpaired) electrons. The second-order valence-corrected chi connectivity index (χ2v) is 13.5. The van der Waals surface area contributed by atoms with Crippen LogP contribution >= 0.6 is 0 Å². The van der Waals surface area contributed by atoms with E-state index in [9.17, 15) is 0 Å². The molecular formula is C35H73N3. The molecule has 1 saturated carbocycles. The SMILES string of the molecule is C.C.CC(C)C1CCC(C(C)C)CC1.CC(C)N1CCN(C(C)C)CC1.CC(C)c1cc(C(C)C)n(C)c1. The van der Waals surface area contributed by atoms with Gasteiger partial charge in [-0.1, -0.05) is 70.2 Å². The monoisotopic (exact) mass is 536 g/mol. The van der Waals surface area contributed by atoms with Gasteiger partial charge in [-0.2, -0.15) is 0 Å². The van der Waals surface area contributed by atoms with E-state index in [-0.39, 0.29) is 14.9 Å². The molecule has 3 rings (SSSR count). The van der Waals surface area contributed by atoms with Crippen LogP contribution in [-0.2, 0) is 7.05 Å². The fourth-order valence-electron chi connectivity index (χ4n) is 5.75. The van der Waals surface area contributed by atoms with E-state index >= 15 is 0 Å². The number of hydrogen-bond donors (Lipinski definition) is 0. The molecule has 3 heteroatoms. The van der Waals surface area contributed by atoms with Crippen molar-refractivity contribution in [2.24, 2.45) is 30.7 Å². The first-order valence-electron chi connectivity index (χ1n) is 15.4. The van der Waals surface area contributed by atoms with Crippen LogP contribution in [0.15, 0.2) is 12.3 Å². The smallest absolute Gasteiger partial charge is 0.0200 e. The predicted octanol–water partition coefficient (Wildman–Crippen LogP) is 10.1. The van der Waals surface area contributed by atoms with Crippen LogP contribution in [-0.4, -0.2) is 52.6 Å². The van der Waals surface area contributed by atoms with Gasteiger partial charge in [0.05, 0.1) is 0 Å². The molecular weight excluding hydrogens is 462 g/mol. The van der Waals surface area contributed by atoms with Crippen molar-refractivity contribution in [3.05, 3.63) is 23.5 Å². The highest BCUT2D eigenvalue weighted by Crippen LogP contribution is 2.36. The van der Waals surface area contributed by atoms with Gasteiger partial charge in [0.25, 0.3) is 0 Å². The second kappa shape index (κ2) is 19.3. The predicted molar refractivity (Wildman–Crippen MR) is 176 cm³/mol. The molecule has 0 N–H and O–H groups in total. The maximum absolute atomic E-state index is 2.55. The van der Waals surface area contributed by atoms with Gasteiger partial charge in [-0.3, -0.25) is 9.80 Å². The van der Waals surface area contributed by atoms with Crippen molar-refractivity contribution in [1.29, 1.82) is 0 Å². The normalized spacial score (nSPS) is 20.7. The lowest BCUT2D eigenvalue weighted by atomic mass is 9.73. The first-order chi connectivity index (χ1) is 16.7. The van der Waals surface area contributed by atoms with E-state index in [1.807, 2.05) is 0 Å². The molecule has 38 heavy (non-hydrogen) atoms. The summed E-state index contributed by atoms with van der Waals surface area (Å²) in [6.45, 7) is 32.6. The number of hydrogen-bond acceptors (Lipinski definition) is 2. The third-order valence-electron chi connectivity index (χ3n) is 8.83. The molecule has 228 valence electrons. The van der Waals surface area contributed by atoms with Gasteiger partial charge in [0.1, 0.15) is 0 Å². The fraction of sp³-hybridized carbons (Fsp3) is 0.886. The molecule has 1 aliphatic heterocycles. The molecule has 0 atom stereocenters. The lowest BCUT2D eigenvalue weighted by Crippen LogP contribution is -2.50. The highest BCUT2D eigenvalue weighted by atomic mass is 15.3. The Labute approximate surface area is 242 Å². The minimum atomic E-state index is 0. The minimum Gasteiger partial charge on any atom is -0.354 e. The molecule has 0 aromatic carbocycles. The summed E-state index contributed by atoms with van der Waals surface area (Å²) in [6, 6.07) is 3.76. The summed E-state index contributed by atoms with van der Waals surface area (Å²) in [7, 11) is 2.13. The highest BCUT2D eigenvalue weighted by Gasteiger charge is 2.24. The maximum Gasteiger partial charge on any atom is 0.0200 e. The molecule has 1 aromatic heterocycles. The molecule has 1 aromatic rings. The highest BCUT2D eigenvalue weighted by molar-refractivity contribution is 5.23. The van der Waals surface area contributed by atoms with Crippen molar-refractivity contribution in [1.82, 2.24) is 14.4 Å². The van der Waals surface area contributed by atoms with E-state index < -0.39 is 0 Å². The van der Waals surface area contributed by atoms with Crippen LogP contribution in [0.1, 0.15) is 147 Å². The van der Waals surface area contributed by atoms with Crippen molar-refractivity contribution in [2.75, 3.05) is 26.2 Å². The van der Waals surface area contributed by atoms with Gasteiger partial charge in [0.2, 0.25) is 0 Å². The number of aryl methyl sites for hydroxylation is 1. The Morgan fingerprint density at radius 3 is 1.11 bits per heavy atom. The molecule has 2 heterocycles. The topological polar surface area (TPSA) is 11.4 Å². The summed E-state index contributed by atoms with van der Waals surface area (Å²) in [6.07, 6.45) is 8.18. The maximum atomic E-state index is 2.55. The van der Waals surface area contributed by atoms with Crippen molar-refractivity contribution >= 4 is 0 Å².